The van der Waals surface area contributed by atoms with Gasteiger partial charge in [-0.25, -0.2) is 4.39 Å². The van der Waals surface area contributed by atoms with Gasteiger partial charge in [-0.1, -0.05) is 0 Å². The van der Waals surface area contributed by atoms with Gasteiger partial charge in [0.15, 0.2) is 11.6 Å². The molecule has 3 N–H and O–H groups in total. The Morgan fingerprint density at radius 1 is 1.47 bits per heavy atom. The summed E-state index contributed by atoms with van der Waals surface area (Å²) in [6, 6.07) is 2.21. The zero-order valence-corrected chi connectivity index (χ0v) is 9.46. The number of hydrogen-bond acceptors (Lipinski definition) is 3. The van der Waals surface area contributed by atoms with E-state index in [0.29, 0.717) is 18.4 Å². The monoisotopic (exact) mass is 239 g/mol. The summed E-state index contributed by atoms with van der Waals surface area (Å²) in [5.74, 6) is -1.67. The molecule has 0 aromatic heterocycles. The van der Waals surface area contributed by atoms with Crippen LogP contribution >= 0.6 is 0 Å². The van der Waals surface area contributed by atoms with Crippen molar-refractivity contribution in [1.82, 2.24) is 0 Å². The van der Waals surface area contributed by atoms with Gasteiger partial charge >= 0.3 is 0 Å². The second-order valence-electron chi connectivity index (χ2n) is 4.42. The molecule has 1 aliphatic rings. The lowest BCUT2D eigenvalue weighted by atomic mass is 9.74. The molecule has 0 atom stereocenters. The van der Waals surface area contributed by atoms with Crippen LogP contribution in [0.4, 0.5) is 10.1 Å². The molecule has 1 aromatic rings. The maximum Gasteiger partial charge on any atom is 0.221 e. The molecular formula is C12H14FNO3. The third-order valence-electron chi connectivity index (χ3n) is 3.08. The lowest BCUT2D eigenvalue weighted by Gasteiger charge is -2.38. The van der Waals surface area contributed by atoms with E-state index in [1.165, 1.54) is 6.92 Å². The number of carbonyl (C=O) groups excluding carboxylic acids is 1. The van der Waals surface area contributed by atoms with Crippen LogP contribution in [0, 0.1) is 5.82 Å². The van der Waals surface area contributed by atoms with Crippen molar-refractivity contribution in [3.63, 3.8) is 0 Å². The van der Waals surface area contributed by atoms with E-state index in [0.717, 1.165) is 18.6 Å². The Kier molecular flexibility index (Phi) is 2.79. The number of anilines is 1. The Balaban J connectivity index is 2.47. The van der Waals surface area contributed by atoms with E-state index in [-0.39, 0.29) is 11.6 Å². The van der Waals surface area contributed by atoms with E-state index in [1.807, 2.05) is 0 Å². The van der Waals surface area contributed by atoms with Gasteiger partial charge in [0.25, 0.3) is 0 Å². The van der Waals surface area contributed by atoms with Gasteiger partial charge in [0.05, 0.1) is 11.3 Å². The summed E-state index contributed by atoms with van der Waals surface area (Å²) in [4.78, 5) is 11.0. The van der Waals surface area contributed by atoms with Gasteiger partial charge in [-0.15, -0.1) is 0 Å². The molecule has 17 heavy (non-hydrogen) atoms. The first-order chi connectivity index (χ1) is 7.92. The van der Waals surface area contributed by atoms with Crippen LogP contribution in [0.2, 0.25) is 0 Å². The number of benzene rings is 1. The number of aromatic hydroxyl groups is 1. The molecule has 1 aliphatic carbocycles. The second kappa shape index (κ2) is 4.00. The Hall–Kier alpha value is -1.62. The van der Waals surface area contributed by atoms with Gasteiger partial charge in [-0.3, -0.25) is 4.79 Å². The van der Waals surface area contributed by atoms with Crippen molar-refractivity contribution in [2.75, 3.05) is 5.32 Å². The topological polar surface area (TPSA) is 69.6 Å². The summed E-state index contributed by atoms with van der Waals surface area (Å²) >= 11 is 0. The second-order valence-corrected chi connectivity index (χ2v) is 4.42. The van der Waals surface area contributed by atoms with E-state index in [4.69, 9.17) is 0 Å². The van der Waals surface area contributed by atoms with Crippen molar-refractivity contribution in [2.45, 2.75) is 31.8 Å². The molecule has 1 amide bonds. The van der Waals surface area contributed by atoms with Gasteiger partial charge in [-0.05, 0) is 25.3 Å². The molecule has 4 nitrogen and oxygen atoms in total. The summed E-state index contributed by atoms with van der Waals surface area (Å²) in [5.41, 5.74) is -0.500. The lowest BCUT2D eigenvalue weighted by Crippen LogP contribution is -2.34. The summed E-state index contributed by atoms with van der Waals surface area (Å²) in [6.07, 6.45) is 1.92. The first-order valence-corrected chi connectivity index (χ1v) is 5.45. The van der Waals surface area contributed by atoms with Gasteiger partial charge in [0, 0.05) is 18.6 Å². The maximum absolute atomic E-state index is 13.3. The van der Waals surface area contributed by atoms with Crippen LogP contribution in [-0.4, -0.2) is 16.1 Å². The Morgan fingerprint density at radius 2 is 2.12 bits per heavy atom. The molecule has 1 aromatic carbocycles. The minimum Gasteiger partial charge on any atom is -0.505 e. The third kappa shape index (κ3) is 2.10. The van der Waals surface area contributed by atoms with Crippen molar-refractivity contribution < 1.29 is 19.4 Å². The summed E-state index contributed by atoms with van der Waals surface area (Å²) in [7, 11) is 0. The standard InChI is InChI=1S/C12H14FNO3/c1-7(15)14-10-6-11(16)9(13)5-8(10)12(17)3-2-4-12/h5-6,16-17H,2-4H2,1H3,(H,14,15). The van der Waals surface area contributed by atoms with E-state index in [2.05, 4.69) is 5.32 Å². The fraction of sp³-hybridized carbons (Fsp3) is 0.417. The molecular weight excluding hydrogens is 225 g/mol. The summed E-state index contributed by atoms with van der Waals surface area (Å²) < 4.78 is 13.3. The van der Waals surface area contributed by atoms with Crippen LogP contribution in [0.5, 0.6) is 5.75 Å². The predicted octanol–water partition coefficient (Wildman–Crippen LogP) is 1.86. The van der Waals surface area contributed by atoms with Crippen molar-refractivity contribution >= 4 is 11.6 Å². The summed E-state index contributed by atoms with van der Waals surface area (Å²) in [5, 5.41) is 22.0. The quantitative estimate of drug-likeness (QED) is 0.737. The van der Waals surface area contributed by atoms with Crippen LogP contribution in [0.25, 0.3) is 0 Å². The van der Waals surface area contributed by atoms with E-state index < -0.39 is 17.2 Å². The molecule has 2 rings (SSSR count). The molecule has 0 radical (unpaired) electrons. The Morgan fingerprint density at radius 3 is 2.59 bits per heavy atom. The van der Waals surface area contributed by atoms with Gasteiger partial charge in [-0.2, -0.15) is 0 Å². The smallest absolute Gasteiger partial charge is 0.221 e. The predicted molar refractivity (Wildman–Crippen MR) is 60.1 cm³/mol. The Labute approximate surface area is 98.1 Å². The number of nitrogens with one attached hydrogen (secondary N) is 1. The molecule has 0 spiro atoms. The van der Waals surface area contributed by atoms with Crippen LogP contribution in [0.3, 0.4) is 0 Å². The fourth-order valence-corrected chi connectivity index (χ4v) is 2.02. The zero-order valence-electron chi connectivity index (χ0n) is 9.46. The fourth-order valence-electron chi connectivity index (χ4n) is 2.02. The third-order valence-corrected chi connectivity index (χ3v) is 3.08. The minimum atomic E-state index is -1.09. The van der Waals surface area contributed by atoms with Crippen molar-refractivity contribution in [1.29, 1.82) is 0 Å². The minimum absolute atomic E-state index is 0.263. The van der Waals surface area contributed by atoms with Gasteiger partial charge in [0.1, 0.15) is 0 Å². The van der Waals surface area contributed by atoms with Crippen molar-refractivity contribution in [3.05, 3.63) is 23.5 Å². The van der Waals surface area contributed by atoms with Crippen LogP contribution in [0.15, 0.2) is 12.1 Å². The first kappa shape index (κ1) is 11.9. The maximum atomic E-state index is 13.3. The number of aliphatic hydroxyl groups is 1. The number of hydrogen-bond donors (Lipinski definition) is 3. The number of rotatable bonds is 2. The molecule has 5 heteroatoms. The molecule has 1 saturated carbocycles. The number of carbonyl (C=O) groups is 1. The molecule has 0 unspecified atom stereocenters. The molecule has 0 saturated heterocycles. The highest BCUT2D eigenvalue weighted by Gasteiger charge is 2.38. The van der Waals surface area contributed by atoms with E-state index in [9.17, 15) is 19.4 Å². The highest BCUT2D eigenvalue weighted by atomic mass is 19.1. The van der Waals surface area contributed by atoms with Crippen molar-refractivity contribution in [2.24, 2.45) is 0 Å². The summed E-state index contributed by atoms with van der Waals surface area (Å²) in [6.45, 7) is 1.31. The molecule has 0 heterocycles. The largest absolute Gasteiger partial charge is 0.505 e. The highest BCUT2D eigenvalue weighted by Crippen LogP contribution is 2.45. The Bertz CT molecular complexity index is 469. The van der Waals surface area contributed by atoms with Crippen LogP contribution < -0.4 is 5.32 Å². The number of phenolic OH excluding ortho intramolecular Hbond substituents is 1. The average molecular weight is 239 g/mol. The van der Waals surface area contributed by atoms with E-state index in [1.54, 1.807) is 0 Å². The molecule has 92 valence electrons. The lowest BCUT2D eigenvalue weighted by molar-refractivity contribution is -0.114. The molecule has 1 fully saturated rings. The van der Waals surface area contributed by atoms with Crippen molar-refractivity contribution in [3.8, 4) is 5.75 Å². The molecule has 0 bridgehead atoms. The van der Waals surface area contributed by atoms with Gasteiger partial charge < -0.3 is 15.5 Å². The highest BCUT2D eigenvalue weighted by molar-refractivity contribution is 5.90. The normalized spacial score (nSPS) is 17.4. The molecule has 0 aliphatic heterocycles. The average Bonchev–Trinajstić information content (AvgIpc) is 2.19. The SMILES string of the molecule is CC(=O)Nc1cc(O)c(F)cc1C1(O)CCC1. The number of halogens is 1. The van der Waals surface area contributed by atoms with Crippen LogP contribution in [0.1, 0.15) is 31.7 Å². The number of phenols is 1. The van der Waals surface area contributed by atoms with Gasteiger partial charge in [0.2, 0.25) is 5.91 Å². The van der Waals surface area contributed by atoms with E-state index >= 15 is 0 Å². The first-order valence-electron chi connectivity index (χ1n) is 5.45. The number of amides is 1. The zero-order chi connectivity index (χ0) is 12.6. The van der Waals surface area contributed by atoms with Crippen LogP contribution in [-0.2, 0) is 10.4 Å².